The average molecular weight is 253 g/mol. The van der Waals surface area contributed by atoms with E-state index in [1.54, 1.807) is 0 Å². The monoisotopic (exact) mass is 253 g/mol. The molecule has 2 heteroatoms. The summed E-state index contributed by atoms with van der Waals surface area (Å²) in [6, 6.07) is 14.2. The number of rotatable bonds is 5. The van der Waals surface area contributed by atoms with Crippen molar-refractivity contribution in [3.63, 3.8) is 0 Å². The summed E-state index contributed by atoms with van der Waals surface area (Å²) in [7, 11) is 0. The van der Waals surface area contributed by atoms with Gasteiger partial charge in [0.1, 0.15) is 12.4 Å². The highest BCUT2D eigenvalue weighted by Gasteiger charge is 2.05. The van der Waals surface area contributed by atoms with Gasteiger partial charge in [-0.2, -0.15) is 0 Å². The number of allylic oxidation sites excluding steroid dienone is 1. The highest BCUT2D eigenvalue weighted by atomic mass is 16.5. The summed E-state index contributed by atoms with van der Waals surface area (Å²) in [6.45, 7) is 4.73. The topological polar surface area (TPSA) is 22.1 Å². The van der Waals surface area contributed by atoms with Crippen LogP contribution >= 0.6 is 0 Å². The van der Waals surface area contributed by atoms with Crippen LogP contribution in [0.15, 0.2) is 60.3 Å². The number of nitrogens with zero attached hydrogens (tertiary/aromatic N) is 1. The van der Waals surface area contributed by atoms with Crippen LogP contribution in [-0.4, -0.2) is 11.6 Å². The average Bonchev–Trinajstić information content (AvgIpc) is 2.41. The van der Waals surface area contributed by atoms with Crippen molar-refractivity contribution in [3.8, 4) is 5.75 Å². The minimum atomic E-state index is 0.593. The van der Waals surface area contributed by atoms with Gasteiger partial charge < -0.3 is 4.74 Å². The van der Waals surface area contributed by atoms with Crippen LogP contribution in [0.1, 0.15) is 25.1 Å². The lowest BCUT2D eigenvalue weighted by atomic mass is 10.1. The molecule has 0 saturated heterocycles. The van der Waals surface area contributed by atoms with Crippen molar-refractivity contribution in [1.82, 2.24) is 4.98 Å². The lowest BCUT2D eigenvalue weighted by Gasteiger charge is -2.09. The molecule has 2 aromatic rings. The Morgan fingerprint density at radius 1 is 1.11 bits per heavy atom. The Labute approximate surface area is 114 Å². The van der Waals surface area contributed by atoms with E-state index < -0.39 is 0 Å². The van der Waals surface area contributed by atoms with Crippen molar-refractivity contribution in [2.45, 2.75) is 20.3 Å². The van der Waals surface area contributed by atoms with E-state index in [4.69, 9.17) is 4.74 Å². The molecule has 0 fully saturated rings. The first-order chi connectivity index (χ1) is 9.25. The molecule has 2 nitrogen and oxygen atoms in total. The number of benzene rings is 1. The molecule has 19 heavy (non-hydrogen) atoms. The van der Waals surface area contributed by atoms with Crippen LogP contribution in [0.4, 0.5) is 0 Å². The second kappa shape index (κ2) is 6.74. The summed E-state index contributed by atoms with van der Waals surface area (Å²) in [4.78, 5) is 4.43. The SMILES string of the molecule is CC(C)=CCOc1cccnc1Cc1ccccc1. The Hall–Kier alpha value is -2.09. The highest BCUT2D eigenvalue weighted by Crippen LogP contribution is 2.19. The fraction of sp³-hybridized carbons (Fsp3) is 0.235. The van der Waals surface area contributed by atoms with Crippen LogP contribution in [0.5, 0.6) is 5.75 Å². The molecule has 1 aromatic heterocycles. The molecule has 0 saturated carbocycles. The van der Waals surface area contributed by atoms with Crippen LogP contribution in [0.2, 0.25) is 0 Å². The normalized spacial score (nSPS) is 10.0. The number of hydrogen-bond donors (Lipinski definition) is 0. The van der Waals surface area contributed by atoms with Gasteiger partial charge in [-0.3, -0.25) is 4.98 Å². The summed E-state index contributed by atoms with van der Waals surface area (Å²) >= 11 is 0. The molecule has 0 atom stereocenters. The first kappa shape index (κ1) is 13.3. The van der Waals surface area contributed by atoms with Crippen molar-refractivity contribution >= 4 is 0 Å². The molecule has 0 radical (unpaired) electrons. The Balaban J connectivity index is 2.10. The van der Waals surface area contributed by atoms with Crippen LogP contribution < -0.4 is 4.74 Å². The van der Waals surface area contributed by atoms with Crippen LogP contribution in [0.3, 0.4) is 0 Å². The maximum atomic E-state index is 5.78. The Morgan fingerprint density at radius 3 is 2.63 bits per heavy atom. The molecule has 0 spiro atoms. The zero-order valence-electron chi connectivity index (χ0n) is 11.5. The van der Waals surface area contributed by atoms with Crippen molar-refractivity contribution in [2.75, 3.05) is 6.61 Å². The van der Waals surface area contributed by atoms with Gasteiger partial charge in [0.05, 0.1) is 5.69 Å². The summed E-state index contributed by atoms with van der Waals surface area (Å²) in [5, 5.41) is 0. The third kappa shape index (κ3) is 4.25. The fourth-order valence-electron chi connectivity index (χ4n) is 1.77. The number of hydrogen-bond acceptors (Lipinski definition) is 2. The van der Waals surface area contributed by atoms with E-state index in [1.807, 2.05) is 36.5 Å². The number of ether oxygens (including phenoxy) is 1. The molecule has 0 aliphatic heterocycles. The van der Waals surface area contributed by atoms with Crippen LogP contribution in [0, 0.1) is 0 Å². The van der Waals surface area contributed by atoms with Crippen molar-refractivity contribution in [2.24, 2.45) is 0 Å². The van der Waals surface area contributed by atoms with E-state index in [-0.39, 0.29) is 0 Å². The Morgan fingerprint density at radius 2 is 1.89 bits per heavy atom. The number of pyridine rings is 1. The van der Waals surface area contributed by atoms with Gasteiger partial charge in [0.25, 0.3) is 0 Å². The van der Waals surface area contributed by atoms with Gasteiger partial charge in [-0.05, 0) is 37.6 Å². The smallest absolute Gasteiger partial charge is 0.141 e. The summed E-state index contributed by atoms with van der Waals surface area (Å²) in [6.07, 6.45) is 4.68. The molecule has 98 valence electrons. The molecule has 0 aliphatic rings. The second-order valence-corrected chi connectivity index (χ2v) is 4.70. The van der Waals surface area contributed by atoms with Gasteiger partial charge in [0.2, 0.25) is 0 Å². The molecule has 0 N–H and O–H groups in total. The lowest BCUT2D eigenvalue weighted by molar-refractivity contribution is 0.356. The van der Waals surface area contributed by atoms with Crippen LogP contribution in [0.25, 0.3) is 0 Å². The third-order valence-corrected chi connectivity index (χ3v) is 2.79. The number of aromatic nitrogens is 1. The van der Waals surface area contributed by atoms with E-state index in [0.717, 1.165) is 17.9 Å². The minimum absolute atomic E-state index is 0.593. The van der Waals surface area contributed by atoms with E-state index in [9.17, 15) is 0 Å². The highest BCUT2D eigenvalue weighted by molar-refractivity contribution is 5.32. The van der Waals surface area contributed by atoms with E-state index in [0.29, 0.717) is 6.61 Å². The largest absolute Gasteiger partial charge is 0.488 e. The van der Waals surface area contributed by atoms with Gasteiger partial charge >= 0.3 is 0 Å². The Bertz CT molecular complexity index is 542. The minimum Gasteiger partial charge on any atom is -0.488 e. The molecule has 1 heterocycles. The molecule has 0 amide bonds. The molecule has 0 bridgehead atoms. The Kier molecular flexibility index (Phi) is 4.73. The lowest BCUT2D eigenvalue weighted by Crippen LogP contribution is -2.01. The van der Waals surface area contributed by atoms with Crippen molar-refractivity contribution < 1.29 is 4.74 Å². The third-order valence-electron chi connectivity index (χ3n) is 2.79. The van der Waals surface area contributed by atoms with Gasteiger partial charge in [-0.25, -0.2) is 0 Å². The molecule has 2 rings (SSSR count). The molecular formula is C17H19NO. The summed E-state index contributed by atoms with van der Waals surface area (Å²) in [5.41, 5.74) is 3.48. The van der Waals surface area contributed by atoms with Gasteiger partial charge in [-0.15, -0.1) is 0 Å². The molecule has 1 aromatic carbocycles. The predicted octanol–water partition coefficient (Wildman–Crippen LogP) is 4.02. The summed E-state index contributed by atoms with van der Waals surface area (Å²) < 4.78 is 5.78. The fourth-order valence-corrected chi connectivity index (χ4v) is 1.77. The van der Waals surface area contributed by atoms with Crippen LogP contribution in [-0.2, 0) is 6.42 Å². The predicted molar refractivity (Wildman–Crippen MR) is 78.4 cm³/mol. The standard InChI is InChI=1S/C17H19NO/c1-14(2)10-12-19-17-9-6-11-18-16(17)13-15-7-4-3-5-8-15/h3-11H,12-13H2,1-2H3. The van der Waals surface area contributed by atoms with E-state index in [2.05, 4.69) is 37.0 Å². The zero-order valence-corrected chi connectivity index (χ0v) is 11.5. The quantitative estimate of drug-likeness (QED) is 0.751. The van der Waals surface area contributed by atoms with E-state index in [1.165, 1.54) is 11.1 Å². The molecule has 0 aliphatic carbocycles. The maximum absolute atomic E-state index is 5.78. The first-order valence-electron chi connectivity index (χ1n) is 6.49. The molecular weight excluding hydrogens is 234 g/mol. The van der Waals surface area contributed by atoms with E-state index >= 15 is 0 Å². The first-order valence-corrected chi connectivity index (χ1v) is 6.49. The van der Waals surface area contributed by atoms with Gasteiger partial charge in [0, 0.05) is 12.6 Å². The maximum Gasteiger partial charge on any atom is 0.141 e. The van der Waals surface area contributed by atoms with Crippen molar-refractivity contribution in [3.05, 3.63) is 71.6 Å². The summed E-state index contributed by atoms with van der Waals surface area (Å²) in [5.74, 6) is 0.865. The second-order valence-electron chi connectivity index (χ2n) is 4.70. The zero-order chi connectivity index (χ0) is 13.5. The van der Waals surface area contributed by atoms with Gasteiger partial charge in [-0.1, -0.05) is 35.9 Å². The molecule has 0 unspecified atom stereocenters. The van der Waals surface area contributed by atoms with Gasteiger partial charge in [0.15, 0.2) is 0 Å². The van der Waals surface area contributed by atoms with Crippen molar-refractivity contribution in [1.29, 1.82) is 0 Å².